The quantitative estimate of drug-likeness (QED) is 0.479. The maximum Gasteiger partial charge on any atom is 0.145 e. The molecule has 0 spiro atoms. The van der Waals surface area contributed by atoms with Crippen LogP contribution in [0.15, 0.2) is 6.07 Å². The van der Waals surface area contributed by atoms with Gasteiger partial charge in [-0.2, -0.15) is 0 Å². The van der Waals surface area contributed by atoms with Crippen molar-refractivity contribution in [1.82, 2.24) is 14.9 Å². The summed E-state index contributed by atoms with van der Waals surface area (Å²) in [4.78, 5) is 10.8. The molecule has 0 amide bonds. The van der Waals surface area contributed by atoms with Gasteiger partial charge in [-0.05, 0) is 20.5 Å². The average molecular weight is 238 g/mol. The van der Waals surface area contributed by atoms with Crippen LogP contribution in [0.25, 0.3) is 0 Å². The number of rotatable bonds is 7. The zero-order chi connectivity index (χ0) is 12.7. The lowest BCUT2D eigenvalue weighted by Gasteiger charge is -2.12. The van der Waals surface area contributed by atoms with Gasteiger partial charge in [0.15, 0.2) is 0 Å². The van der Waals surface area contributed by atoms with Crippen molar-refractivity contribution in [2.45, 2.75) is 19.8 Å². The largest absolute Gasteiger partial charge is 0.369 e. The molecule has 17 heavy (non-hydrogen) atoms. The number of aryl methyl sites for hydroxylation is 1. The molecule has 0 aromatic carbocycles. The number of hydrogen-bond acceptors (Lipinski definition) is 6. The lowest BCUT2D eigenvalue weighted by Crippen LogP contribution is -2.21. The van der Waals surface area contributed by atoms with E-state index in [0.717, 1.165) is 37.6 Å². The number of hydrogen-bond donors (Lipinski definition) is 3. The van der Waals surface area contributed by atoms with Crippen LogP contribution in [-0.4, -0.2) is 42.1 Å². The third-order valence-electron chi connectivity index (χ3n) is 2.26. The SMILES string of the molecule is CCCc1nc(NN)cc(NCCN(C)C)n1. The molecule has 1 aromatic heterocycles. The van der Waals surface area contributed by atoms with E-state index in [1.165, 1.54) is 0 Å². The van der Waals surface area contributed by atoms with Crippen molar-refractivity contribution in [3.8, 4) is 0 Å². The van der Waals surface area contributed by atoms with Gasteiger partial charge in [0.25, 0.3) is 0 Å². The second kappa shape index (κ2) is 7.03. The number of nitrogens with two attached hydrogens (primary N) is 1. The maximum atomic E-state index is 5.38. The molecular formula is C11H22N6. The molecule has 6 nitrogen and oxygen atoms in total. The molecule has 0 aliphatic carbocycles. The first-order valence-corrected chi connectivity index (χ1v) is 5.89. The predicted molar refractivity (Wildman–Crippen MR) is 70.9 cm³/mol. The van der Waals surface area contributed by atoms with Gasteiger partial charge in [0.2, 0.25) is 0 Å². The number of hydrazine groups is 1. The van der Waals surface area contributed by atoms with Crippen molar-refractivity contribution in [1.29, 1.82) is 0 Å². The van der Waals surface area contributed by atoms with Gasteiger partial charge in [0.05, 0.1) is 0 Å². The standard InChI is InChI=1S/C11H22N6/c1-4-5-9-14-10(8-11(15-9)16-12)13-6-7-17(2)3/h8H,4-7,12H2,1-3H3,(H2,13,14,15,16). The molecule has 0 aliphatic rings. The van der Waals surface area contributed by atoms with Crippen LogP contribution in [0.2, 0.25) is 0 Å². The van der Waals surface area contributed by atoms with Gasteiger partial charge in [0, 0.05) is 25.6 Å². The van der Waals surface area contributed by atoms with Gasteiger partial charge in [-0.25, -0.2) is 15.8 Å². The Morgan fingerprint density at radius 2 is 2.00 bits per heavy atom. The average Bonchev–Trinajstić information content (AvgIpc) is 2.28. The summed E-state index contributed by atoms with van der Waals surface area (Å²) in [5, 5.41) is 3.26. The lowest BCUT2D eigenvalue weighted by atomic mass is 10.3. The highest BCUT2D eigenvalue weighted by Gasteiger charge is 2.03. The number of nitrogen functional groups attached to an aromatic ring is 1. The first-order chi connectivity index (χ1) is 8.15. The first-order valence-electron chi connectivity index (χ1n) is 5.89. The van der Waals surface area contributed by atoms with Crippen LogP contribution in [0.5, 0.6) is 0 Å². The van der Waals surface area contributed by atoms with Gasteiger partial charge < -0.3 is 15.6 Å². The Labute approximate surface area is 103 Å². The molecule has 0 saturated carbocycles. The van der Waals surface area contributed by atoms with Gasteiger partial charge in [-0.3, -0.25) is 0 Å². The summed E-state index contributed by atoms with van der Waals surface area (Å²) in [6.07, 6.45) is 1.88. The van der Waals surface area contributed by atoms with Crippen molar-refractivity contribution in [3.63, 3.8) is 0 Å². The van der Waals surface area contributed by atoms with E-state index < -0.39 is 0 Å². The van der Waals surface area contributed by atoms with Crippen LogP contribution in [0.1, 0.15) is 19.2 Å². The van der Waals surface area contributed by atoms with E-state index in [1.54, 1.807) is 0 Å². The Kier molecular flexibility index (Phi) is 5.65. The summed E-state index contributed by atoms with van der Waals surface area (Å²) in [6, 6.07) is 1.81. The Balaban J connectivity index is 2.66. The van der Waals surface area contributed by atoms with E-state index in [9.17, 15) is 0 Å². The Morgan fingerprint density at radius 1 is 1.29 bits per heavy atom. The van der Waals surface area contributed by atoms with E-state index in [2.05, 4.69) is 32.5 Å². The zero-order valence-electron chi connectivity index (χ0n) is 10.8. The van der Waals surface area contributed by atoms with Crippen molar-refractivity contribution in [3.05, 3.63) is 11.9 Å². The summed E-state index contributed by atoms with van der Waals surface area (Å²) in [5.41, 5.74) is 2.56. The van der Waals surface area contributed by atoms with Crippen LogP contribution in [0.3, 0.4) is 0 Å². The highest BCUT2D eigenvalue weighted by atomic mass is 15.3. The predicted octanol–water partition coefficient (Wildman–Crippen LogP) is 0.688. The highest BCUT2D eigenvalue weighted by molar-refractivity contribution is 5.46. The van der Waals surface area contributed by atoms with Crippen LogP contribution in [-0.2, 0) is 6.42 Å². The van der Waals surface area contributed by atoms with Crippen molar-refractivity contribution in [2.24, 2.45) is 5.84 Å². The summed E-state index contributed by atoms with van der Waals surface area (Å²) in [6.45, 7) is 3.91. The molecule has 4 N–H and O–H groups in total. The van der Waals surface area contributed by atoms with Crippen LogP contribution >= 0.6 is 0 Å². The number of aromatic nitrogens is 2. The molecule has 0 aliphatic heterocycles. The monoisotopic (exact) mass is 238 g/mol. The van der Waals surface area contributed by atoms with Crippen molar-refractivity contribution >= 4 is 11.6 Å². The Morgan fingerprint density at radius 3 is 2.59 bits per heavy atom. The van der Waals surface area contributed by atoms with Gasteiger partial charge in [0.1, 0.15) is 17.5 Å². The number of likely N-dealkylation sites (N-methyl/N-ethyl adjacent to an activating group) is 1. The van der Waals surface area contributed by atoms with Gasteiger partial charge in [-0.15, -0.1) is 0 Å². The molecule has 0 radical (unpaired) electrons. The fourth-order valence-electron chi connectivity index (χ4n) is 1.40. The van der Waals surface area contributed by atoms with E-state index in [-0.39, 0.29) is 0 Å². The minimum atomic E-state index is 0.649. The smallest absolute Gasteiger partial charge is 0.145 e. The van der Waals surface area contributed by atoms with Gasteiger partial charge >= 0.3 is 0 Å². The molecule has 1 rings (SSSR count). The first kappa shape index (κ1) is 13.7. The van der Waals surface area contributed by atoms with Gasteiger partial charge in [-0.1, -0.05) is 6.92 Å². The molecule has 0 fully saturated rings. The Bertz CT molecular complexity index is 339. The summed E-state index contributed by atoms with van der Waals surface area (Å²) in [7, 11) is 4.08. The molecule has 96 valence electrons. The molecule has 1 aromatic rings. The minimum absolute atomic E-state index is 0.649. The zero-order valence-corrected chi connectivity index (χ0v) is 10.8. The van der Waals surface area contributed by atoms with Crippen molar-refractivity contribution < 1.29 is 0 Å². The maximum absolute atomic E-state index is 5.38. The minimum Gasteiger partial charge on any atom is -0.369 e. The van der Waals surface area contributed by atoms with E-state index >= 15 is 0 Å². The second-order valence-corrected chi connectivity index (χ2v) is 4.18. The van der Waals surface area contributed by atoms with Crippen molar-refractivity contribution in [2.75, 3.05) is 37.9 Å². The molecule has 0 bridgehead atoms. The van der Waals surface area contributed by atoms with Crippen LogP contribution in [0.4, 0.5) is 11.6 Å². The molecule has 0 saturated heterocycles. The van der Waals surface area contributed by atoms with Crippen LogP contribution in [0, 0.1) is 0 Å². The fourth-order valence-corrected chi connectivity index (χ4v) is 1.40. The third-order valence-corrected chi connectivity index (χ3v) is 2.26. The van der Waals surface area contributed by atoms with E-state index in [4.69, 9.17) is 5.84 Å². The van der Waals surface area contributed by atoms with Crippen LogP contribution < -0.4 is 16.6 Å². The molecule has 0 atom stereocenters. The normalized spacial score (nSPS) is 10.6. The summed E-state index contributed by atoms with van der Waals surface area (Å²) < 4.78 is 0. The molecule has 1 heterocycles. The fraction of sp³-hybridized carbons (Fsp3) is 0.636. The number of anilines is 2. The summed E-state index contributed by atoms with van der Waals surface area (Å²) >= 11 is 0. The Hall–Kier alpha value is -1.40. The number of nitrogens with one attached hydrogen (secondary N) is 2. The van der Waals surface area contributed by atoms with E-state index in [0.29, 0.717) is 5.82 Å². The lowest BCUT2D eigenvalue weighted by molar-refractivity contribution is 0.425. The molecule has 6 heteroatoms. The third kappa shape index (κ3) is 4.97. The second-order valence-electron chi connectivity index (χ2n) is 4.18. The molecule has 0 unspecified atom stereocenters. The summed E-state index contributed by atoms with van der Waals surface area (Å²) in [5.74, 6) is 7.67. The molecular weight excluding hydrogens is 216 g/mol. The highest BCUT2D eigenvalue weighted by Crippen LogP contribution is 2.11. The number of nitrogens with zero attached hydrogens (tertiary/aromatic N) is 3. The topological polar surface area (TPSA) is 79.1 Å². The van der Waals surface area contributed by atoms with E-state index in [1.807, 2.05) is 20.2 Å².